The van der Waals surface area contributed by atoms with Crippen molar-refractivity contribution >= 4 is 27.5 Å². The molecule has 0 saturated heterocycles. The van der Waals surface area contributed by atoms with Crippen LogP contribution in [0, 0.1) is 0 Å². The molecule has 0 fully saturated rings. The van der Waals surface area contributed by atoms with E-state index in [9.17, 15) is 0 Å². The Bertz CT molecular complexity index is 454. The number of aromatic nitrogens is 2. The number of nitrogens with one attached hydrogen (secondary N) is 1. The summed E-state index contributed by atoms with van der Waals surface area (Å²) in [6.07, 6.45) is 2.72. The van der Waals surface area contributed by atoms with Crippen molar-refractivity contribution in [1.29, 1.82) is 0 Å². The van der Waals surface area contributed by atoms with Crippen molar-refractivity contribution in [3.05, 3.63) is 33.1 Å². The quantitative estimate of drug-likeness (QED) is 0.922. The molecule has 0 amide bonds. The van der Waals surface area contributed by atoms with Crippen LogP contribution in [0.25, 0.3) is 0 Å². The number of rotatable bonds is 5. The highest BCUT2D eigenvalue weighted by Crippen LogP contribution is 2.19. The van der Waals surface area contributed by atoms with E-state index in [4.69, 9.17) is 4.52 Å². The summed E-state index contributed by atoms with van der Waals surface area (Å²) in [7, 11) is 0. The van der Waals surface area contributed by atoms with Crippen molar-refractivity contribution in [2.24, 2.45) is 0 Å². The van der Waals surface area contributed by atoms with Gasteiger partial charge in [0.15, 0.2) is 5.76 Å². The topological polar surface area (TPSA) is 51.0 Å². The van der Waals surface area contributed by atoms with Crippen LogP contribution in [0.3, 0.4) is 0 Å². The molecule has 0 aliphatic carbocycles. The summed E-state index contributed by atoms with van der Waals surface area (Å²) in [5, 5.41) is 7.22. The van der Waals surface area contributed by atoms with E-state index in [0.717, 1.165) is 28.9 Å². The van der Waals surface area contributed by atoms with Crippen LogP contribution in [-0.4, -0.2) is 9.53 Å². The smallest absolute Gasteiger partial charge is 0.150 e. The van der Waals surface area contributed by atoms with E-state index in [1.54, 1.807) is 0 Å². The minimum atomic E-state index is 0.692. The van der Waals surface area contributed by atoms with Crippen molar-refractivity contribution < 1.29 is 4.52 Å². The maximum absolute atomic E-state index is 5.17. The van der Waals surface area contributed by atoms with Crippen molar-refractivity contribution in [2.75, 3.05) is 0 Å². The first-order chi connectivity index (χ1) is 7.79. The summed E-state index contributed by atoms with van der Waals surface area (Å²) in [6, 6.07) is 1.98. The molecule has 0 spiro atoms. The molecule has 16 heavy (non-hydrogen) atoms. The van der Waals surface area contributed by atoms with Crippen molar-refractivity contribution in [2.45, 2.75) is 26.4 Å². The van der Waals surface area contributed by atoms with Gasteiger partial charge in [-0.1, -0.05) is 12.1 Å². The third kappa shape index (κ3) is 2.90. The van der Waals surface area contributed by atoms with E-state index >= 15 is 0 Å². The van der Waals surface area contributed by atoms with Gasteiger partial charge in [0, 0.05) is 12.6 Å². The van der Waals surface area contributed by atoms with Gasteiger partial charge in [-0.25, -0.2) is 0 Å². The van der Waals surface area contributed by atoms with Gasteiger partial charge in [-0.2, -0.15) is 4.37 Å². The third-order valence-electron chi connectivity index (χ3n) is 2.15. The first-order valence-electron chi connectivity index (χ1n) is 5.04. The molecule has 1 N–H and O–H groups in total. The molecule has 0 aliphatic rings. The molecule has 2 rings (SSSR count). The highest BCUT2D eigenvalue weighted by Gasteiger charge is 2.04. The Morgan fingerprint density at radius 2 is 2.38 bits per heavy atom. The molecule has 6 heteroatoms. The molecule has 2 aromatic rings. The second-order valence-electron chi connectivity index (χ2n) is 3.34. The fourth-order valence-corrected chi connectivity index (χ4v) is 2.46. The number of hydrogen-bond donors (Lipinski definition) is 1. The number of hydrogen-bond acceptors (Lipinski definition) is 5. The fraction of sp³-hybridized carbons (Fsp3) is 0.400. The Kier molecular flexibility index (Phi) is 4.09. The van der Waals surface area contributed by atoms with Gasteiger partial charge in [0.2, 0.25) is 0 Å². The lowest BCUT2D eigenvalue weighted by Gasteiger charge is -1.99. The normalized spacial score (nSPS) is 10.9. The molecule has 0 radical (unpaired) electrons. The molecule has 0 aromatic carbocycles. The fourth-order valence-electron chi connectivity index (χ4n) is 1.27. The Balaban J connectivity index is 1.82. The Labute approximate surface area is 106 Å². The van der Waals surface area contributed by atoms with E-state index in [-0.39, 0.29) is 0 Å². The van der Waals surface area contributed by atoms with Gasteiger partial charge in [-0.3, -0.25) is 0 Å². The molecule has 2 aromatic heterocycles. The van der Waals surface area contributed by atoms with Gasteiger partial charge in [0.1, 0.15) is 0 Å². The van der Waals surface area contributed by atoms with E-state index in [1.807, 2.05) is 12.3 Å². The zero-order valence-corrected chi connectivity index (χ0v) is 11.3. The van der Waals surface area contributed by atoms with E-state index in [2.05, 4.69) is 37.7 Å². The van der Waals surface area contributed by atoms with E-state index in [0.29, 0.717) is 6.54 Å². The van der Waals surface area contributed by atoms with Crippen LogP contribution in [0.1, 0.15) is 23.3 Å². The van der Waals surface area contributed by atoms with Gasteiger partial charge < -0.3 is 9.84 Å². The van der Waals surface area contributed by atoms with Crippen molar-refractivity contribution in [3.63, 3.8) is 0 Å². The Morgan fingerprint density at radius 1 is 1.50 bits per heavy atom. The molecule has 0 unspecified atom stereocenters. The first kappa shape index (κ1) is 11.8. The van der Waals surface area contributed by atoms with Gasteiger partial charge in [-0.05, 0) is 33.9 Å². The van der Waals surface area contributed by atoms with E-state index in [1.165, 1.54) is 16.4 Å². The summed E-state index contributed by atoms with van der Waals surface area (Å²) in [5.74, 6) is 0.873. The largest absolute Gasteiger partial charge is 0.360 e. The lowest BCUT2D eigenvalue weighted by Crippen LogP contribution is -2.11. The molecule has 0 saturated carbocycles. The Morgan fingerprint density at radius 3 is 3.00 bits per heavy atom. The lowest BCUT2D eigenvalue weighted by molar-refractivity contribution is 0.368. The second-order valence-corrected chi connectivity index (χ2v) is 5.08. The number of halogens is 1. The molecule has 0 bridgehead atoms. The molecule has 2 heterocycles. The molecular weight excluding hydrogens is 290 g/mol. The zero-order chi connectivity index (χ0) is 11.4. The first-order valence-corrected chi connectivity index (χ1v) is 6.60. The molecule has 4 nitrogen and oxygen atoms in total. The van der Waals surface area contributed by atoms with Gasteiger partial charge >= 0.3 is 0 Å². The third-order valence-corrected chi connectivity index (χ3v) is 3.89. The summed E-state index contributed by atoms with van der Waals surface area (Å²) < 4.78 is 10.3. The van der Waals surface area contributed by atoms with Gasteiger partial charge in [-0.15, -0.1) is 0 Å². The van der Waals surface area contributed by atoms with Crippen molar-refractivity contribution in [1.82, 2.24) is 14.8 Å². The molecule has 86 valence electrons. The predicted molar refractivity (Wildman–Crippen MR) is 66.2 cm³/mol. The van der Waals surface area contributed by atoms with Gasteiger partial charge in [0.05, 0.1) is 27.8 Å². The average Bonchev–Trinajstić information content (AvgIpc) is 2.89. The predicted octanol–water partition coefficient (Wildman–Crippen LogP) is 2.75. The minimum absolute atomic E-state index is 0.692. The van der Waals surface area contributed by atoms with Crippen LogP contribution in [0.2, 0.25) is 0 Å². The summed E-state index contributed by atoms with van der Waals surface area (Å²) >= 11 is 4.93. The maximum Gasteiger partial charge on any atom is 0.150 e. The average molecular weight is 302 g/mol. The summed E-state index contributed by atoms with van der Waals surface area (Å²) in [4.78, 5) is 1.19. The van der Waals surface area contributed by atoms with Crippen LogP contribution >= 0.6 is 27.5 Å². The van der Waals surface area contributed by atoms with Crippen LogP contribution in [0.15, 0.2) is 21.3 Å². The standard InChI is InChI=1S/C10H12BrN3OS/c1-2-7-3-8(15-14-7)4-12-6-10-9(11)5-13-16-10/h3,5,12H,2,4,6H2,1H3. The minimum Gasteiger partial charge on any atom is -0.360 e. The number of nitrogens with zero attached hydrogens (tertiary/aromatic N) is 2. The molecule has 0 aliphatic heterocycles. The van der Waals surface area contributed by atoms with E-state index < -0.39 is 0 Å². The van der Waals surface area contributed by atoms with Crippen LogP contribution in [0.5, 0.6) is 0 Å². The highest BCUT2D eigenvalue weighted by atomic mass is 79.9. The summed E-state index contributed by atoms with van der Waals surface area (Å²) in [6.45, 7) is 3.54. The highest BCUT2D eigenvalue weighted by molar-refractivity contribution is 9.10. The zero-order valence-electron chi connectivity index (χ0n) is 8.86. The van der Waals surface area contributed by atoms with Crippen LogP contribution < -0.4 is 5.32 Å². The molecular formula is C10H12BrN3OS. The maximum atomic E-state index is 5.17. The Hall–Kier alpha value is -0.720. The second kappa shape index (κ2) is 5.56. The molecule has 0 atom stereocenters. The van der Waals surface area contributed by atoms with Crippen molar-refractivity contribution in [3.8, 4) is 0 Å². The number of aryl methyl sites for hydroxylation is 1. The monoisotopic (exact) mass is 301 g/mol. The summed E-state index contributed by atoms with van der Waals surface area (Å²) in [5.41, 5.74) is 0.996. The SMILES string of the molecule is CCc1cc(CNCc2sncc2Br)on1. The lowest BCUT2D eigenvalue weighted by atomic mass is 10.3. The van der Waals surface area contributed by atoms with Crippen LogP contribution in [0.4, 0.5) is 0 Å². The van der Waals surface area contributed by atoms with Gasteiger partial charge in [0.25, 0.3) is 0 Å². The van der Waals surface area contributed by atoms with Crippen LogP contribution in [-0.2, 0) is 19.5 Å².